The zero-order valence-corrected chi connectivity index (χ0v) is 13.1. The van der Waals surface area contributed by atoms with Crippen LogP contribution in [-0.2, 0) is 14.8 Å². The first-order valence-electron chi connectivity index (χ1n) is 7.06. The number of hydrogen-bond donors (Lipinski definition) is 1. The monoisotopic (exact) mass is 315 g/mol. The molecular formula is C13H21N3O4S. The van der Waals surface area contributed by atoms with Crippen LogP contribution in [0.1, 0.15) is 24.3 Å². The summed E-state index contributed by atoms with van der Waals surface area (Å²) in [4.78, 5) is 16.7. The smallest absolute Gasteiger partial charge is 0.270 e. The average molecular weight is 315 g/mol. The Morgan fingerprint density at radius 2 is 1.95 bits per heavy atom. The van der Waals surface area contributed by atoms with Crippen molar-refractivity contribution in [3.05, 3.63) is 18.0 Å². The summed E-state index contributed by atoms with van der Waals surface area (Å²) in [6.07, 6.45) is 1.38. The predicted molar refractivity (Wildman–Crippen MR) is 77.6 cm³/mol. The van der Waals surface area contributed by atoms with Crippen LogP contribution in [0, 0.1) is 0 Å². The molecule has 1 aliphatic rings. The van der Waals surface area contributed by atoms with Crippen molar-refractivity contribution in [2.45, 2.75) is 18.7 Å². The quantitative estimate of drug-likeness (QED) is 0.858. The van der Waals surface area contributed by atoms with Gasteiger partial charge >= 0.3 is 0 Å². The van der Waals surface area contributed by atoms with Gasteiger partial charge in [-0.25, -0.2) is 8.42 Å². The second kappa shape index (κ2) is 6.59. The molecule has 1 N–H and O–H groups in total. The number of aromatic nitrogens is 1. The summed E-state index contributed by atoms with van der Waals surface area (Å²) in [6, 6.07) is 1.41. The fourth-order valence-electron chi connectivity index (χ4n) is 2.26. The van der Waals surface area contributed by atoms with Crippen LogP contribution in [-0.4, -0.2) is 67.9 Å². The molecule has 7 nitrogen and oxygen atoms in total. The van der Waals surface area contributed by atoms with Gasteiger partial charge < -0.3 is 14.6 Å². The first kappa shape index (κ1) is 16.0. The predicted octanol–water partition coefficient (Wildman–Crippen LogP) is 0.518. The number of carbonyl (C=O) groups excluding carboxylic acids is 1. The number of amides is 1. The first-order chi connectivity index (χ1) is 10.0. The van der Waals surface area contributed by atoms with Crippen molar-refractivity contribution < 1.29 is 17.9 Å². The molecule has 1 fully saturated rings. The Balaban J connectivity index is 2.20. The molecule has 1 aromatic heterocycles. The number of rotatable bonds is 5. The second-order valence-corrected chi connectivity index (χ2v) is 6.68. The summed E-state index contributed by atoms with van der Waals surface area (Å²) in [6.45, 7) is 6.41. The molecule has 8 heteroatoms. The van der Waals surface area contributed by atoms with Crippen LogP contribution >= 0.6 is 0 Å². The standard InChI is InChI=1S/C13H21N3O4S/c1-3-15(4-2)13(17)12-9-11(10-14-12)21(18,19)16-5-7-20-8-6-16/h9-10,14H,3-8H2,1-2H3. The number of ether oxygens (including phenoxy) is 1. The van der Waals surface area contributed by atoms with Crippen LogP contribution in [0.3, 0.4) is 0 Å². The van der Waals surface area contributed by atoms with Gasteiger partial charge in [-0.15, -0.1) is 0 Å². The van der Waals surface area contributed by atoms with Crippen molar-refractivity contribution in [3.8, 4) is 0 Å². The Bertz CT molecular complexity index is 586. The van der Waals surface area contributed by atoms with Crippen molar-refractivity contribution >= 4 is 15.9 Å². The van der Waals surface area contributed by atoms with Gasteiger partial charge in [0.15, 0.2) is 0 Å². The number of H-pyrrole nitrogens is 1. The highest BCUT2D eigenvalue weighted by Crippen LogP contribution is 2.18. The molecule has 2 rings (SSSR count). The molecule has 0 unspecified atom stereocenters. The Labute approximate surface area is 124 Å². The molecule has 1 aromatic rings. The van der Waals surface area contributed by atoms with E-state index in [9.17, 15) is 13.2 Å². The van der Waals surface area contributed by atoms with E-state index in [0.29, 0.717) is 45.1 Å². The van der Waals surface area contributed by atoms with Crippen LogP contribution in [0.25, 0.3) is 0 Å². The maximum atomic E-state index is 12.5. The number of hydrogen-bond acceptors (Lipinski definition) is 4. The summed E-state index contributed by atoms with van der Waals surface area (Å²) in [5.74, 6) is -0.191. The van der Waals surface area contributed by atoms with E-state index in [1.807, 2.05) is 13.8 Å². The molecule has 2 heterocycles. The van der Waals surface area contributed by atoms with E-state index in [0.717, 1.165) is 0 Å². The molecule has 1 aliphatic heterocycles. The van der Waals surface area contributed by atoms with Gasteiger partial charge in [-0.05, 0) is 19.9 Å². The van der Waals surface area contributed by atoms with E-state index < -0.39 is 10.0 Å². The summed E-state index contributed by atoms with van der Waals surface area (Å²) in [7, 11) is -3.56. The Morgan fingerprint density at radius 3 is 2.52 bits per heavy atom. The van der Waals surface area contributed by atoms with Gasteiger partial charge in [0.25, 0.3) is 5.91 Å². The molecule has 0 atom stereocenters. The van der Waals surface area contributed by atoms with E-state index in [4.69, 9.17) is 4.74 Å². The largest absolute Gasteiger partial charge is 0.379 e. The third-order valence-corrected chi connectivity index (χ3v) is 5.42. The molecule has 1 saturated heterocycles. The summed E-state index contributed by atoms with van der Waals surface area (Å²) in [5, 5.41) is 0. The van der Waals surface area contributed by atoms with Gasteiger partial charge in [0, 0.05) is 32.4 Å². The highest BCUT2D eigenvalue weighted by atomic mass is 32.2. The van der Waals surface area contributed by atoms with E-state index >= 15 is 0 Å². The third kappa shape index (κ3) is 3.28. The minimum absolute atomic E-state index is 0.125. The Kier molecular flexibility index (Phi) is 5.02. The van der Waals surface area contributed by atoms with Crippen LogP contribution < -0.4 is 0 Å². The van der Waals surface area contributed by atoms with Crippen LogP contribution in [0.5, 0.6) is 0 Å². The van der Waals surface area contributed by atoms with Crippen molar-refractivity contribution in [2.75, 3.05) is 39.4 Å². The molecular weight excluding hydrogens is 294 g/mol. The maximum Gasteiger partial charge on any atom is 0.270 e. The van der Waals surface area contributed by atoms with Crippen molar-refractivity contribution in [1.82, 2.24) is 14.2 Å². The zero-order chi connectivity index (χ0) is 15.5. The number of nitrogens with zero attached hydrogens (tertiary/aromatic N) is 2. The van der Waals surface area contributed by atoms with Crippen molar-refractivity contribution in [1.29, 1.82) is 0 Å². The topological polar surface area (TPSA) is 82.7 Å². The van der Waals surface area contributed by atoms with Crippen molar-refractivity contribution in [3.63, 3.8) is 0 Å². The van der Waals surface area contributed by atoms with Gasteiger partial charge in [0.1, 0.15) is 10.6 Å². The molecule has 0 aromatic carbocycles. The Hall–Kier alpha value is -1.38. The summed E-state index contributed by atoms with van der Waals surface area (Å²) < 4.78 is 31.5. The minimum Gasteiger partial charge on any atom is -0.379 e. The lowest BCUT2D eigenvalue weighted by atomic mass is 10.3. The van der Waals surface area contributed by atoms with Crippen LogP contribution in [0.2, 0.25) is 0 Å². The van der Waals surface area contributed by atoms with Crippen molar-refractivity contribution in [2.24, 2.45) is 0 Å². The number of morpholine rings is 1. The summed E-state index contributed by atoms with van der Waals surface area (Å²) in [5.41, 5.74) is 0.297. The lowest BCUT2D eigenvalue weighted by Crippen LogP contribution is -2.40. The molecule has 0 bridgehead atoms. The maximum absolute atomic E-state index is 12.5. The molecule has 0 saturated carbocycles. The van der Waals surface area contributed by atoms with E-state index in [1.165, 1.54) is 16.6 Å². The normalized spacial score (nSPS) is 16.9. The summed E-state index contributed by atoms with van der Waals surface area (Å²) >= 11 is 0. The fraction of sp³-hybridized carbons (Fsp3) is 0.615. The number of aromatic amines is 1. The Morgan fingerprint density at radius 1 is 1.33 bits per heavy atom. The van der Waals surface area contributed by atoms with Gasteiger partial charge in [-0.3, -0.25) is 4.79 Å². The van der Waals surface area contributed by atoms with Crippen LogP contribution in [0.4, 0.5) is 0 Å². The molecule has 118 valence electrons. The van der Waals surface area contributed by atoms with Gasteiger partial charge in [0.2, 0.25) is 10.0 Å². The zero-order valence-electron chi connectivity index (χ0n) is 12.3. The SMILES string of the molecule is CCN(CC)C(=O)c1cc(S(=O)(=O)N2CCOCC2)c[nH]1. The van der Waals surface area contributed by atoms with E-state index in [2.05, 4.69) is 4.98 Å². The number of carbonyl (C=O) groups is 1. The van der Waals surface area contributed by atoms with Crippen LogP contribution in [0.15, 0.2) is 17.2 Å². The highest BCUT2D eigenvalue weighted by Gasteiger charge is 2.28. The molecule has 21 heavy (non-hydrogen) atoms. The second-order valence-electron chi connectivity index (χ2n) is 4.74. The van der Waals surface area contributed by atoms with E-state index in [1.54, 1.807) is 4.90 Å². The lowest BCUT2D eigenvalue weighted by Gasteiger charge is -2.25. The molecule has 0 radical (unpaired) electrons. The van der Waals surface area contributed by atoms with Gasteiger partial charge in [-0.1, -0.05) is 0 Å². The molecule has 0 spiro atoms. The first-order valence-corrected chi connectivity index (χ1v) is 8.50. The minimum atomic E-state index is -3.56. The number of nitrogens with one attached hydrogen (secondary N) is 1. The third-order valence-electron chi connectivity index (χ3n) is 3.55. The van der Waals surface area contributed by atoms with Gasteiger partial charge in [-0.2, -0.15) is 4.31 Å². The molecule has 0 aliphatic carbocycles. The van der Waals surface area contributed by atoms with Gasteiger partial charge in [0.05, 0.1) is 13.2 Å². The average Bonchev–Trinajstić information content (AvgIpc) is 3.00. The highest BCUT2D eigenvalue weighted by molar-refractivity contribution is 7.89. The van der Waals surface area contributed by atoms with E-state index in [-0.39, 0.29) is 10.8 Å². The lowest BCUT2D eigenvalue weighted by molar-refractivity contribution is 0.0730. The molecule has 1 amide bonds. The number of sulfonamides is 1. The fourth-order valence-corrected chi connectivity index (χ4v) is 3.67.